The molecule has 1 aliphatic carbocycles. The number of carbonyl (C=O) groups excluding carboxylic acids is 1. The second-order valence-corrected chi connectivity index (χ2v) is 5.99. The summed E-state index contributed by atoms with van der Waals surface area (Å²) in [5.74, 6) is -0.444. The molecular weight excluding hydrogens is 273 g/mol. The van der Waals surface area contributed by atoms with E-state index in [0.717, 1.165) is 25.1 Å². The molecule has 20 heavy (non-hydrogen) atoms. The van der Waals surface area contributed by atoms with E-state index in [4.69, 9.17) is 0 Å². The van der Waals surface area contributed by atoms with Crippen LogP contribution in [0.15, 0.2) is 35.0 Å². The third-order valence-electron chi connectivity index (χ3n) is 3.57. The summed E-state index contributed by atoms with van der Waals surface area (Å²) >= 11 is 1.67. The third-order valence-corrected chi connectivity index (χ3v) is 4.30. The fourth-order valence-electron chi connectivity index (χ4n) is 2.42. The summed E-state index contributed by atoms with van der Waals surface area (Å²) in [6.45, 7) is 2.27. The van der Waals surface area contributed by atoms with Gasteiger partial charge in [0.2, 0.25) is 0 Å². The van der Waals surface area contributed by atoms with E-state index < -0.39 is 0 Å². The Balaban J connectivity index is 1.97. The molecule has 0 saturated heterocycles. The second-order valence-electron chi connectivity index (χ2n) is 5.21. The predicted molar refractivity (Wildman–Crippen MR) is 79.9 cm³/mol. The molecule has 1 fully saturated rings. The zero-order valence-corrected chi connectivity index (χ0v) is 12.1. The van der Waals surface area contributed by atoms with Gasteiger partial charge in [0.15, 0.2) is 5.78 Å². The van der Waals surface area contributed by atoms with Crippen LogP contribution in [0.3, 0.4) is 0 Å². The Morgan fingerprint density at radius 1 is 1.40 bits per heavy atom. The summed E-state index contributed by atoms with van der Waals surface area (Å²) in [4.78, 5) is 14.0. The number of thiophene rings is 1. The molecule has 1 aromatic heterocycles. The smallest absolute Gasteiger partial charge is 0.161 e. The van der Waals surface area contributed by atoms with Crippen molar-refractivity contribution in [3.63, 3.8) is 0 Å². The van der Waals surface area contributed by atoms with Crippen molar-refractivity contribution in [1.29, 1.82) is 0 Å². The van der Waals surface area contributed by atoms with Crippen molar-refractivity contribution in [1.82, 2.24) is 0 Å². The lowest BCUT2D eigenvalue weighted by atomic mass is 10.1. The summed E-state index contributed by atoms with van der Waals surface area (Å²) in [7, 11) is 0. The SMILES string of the molecule is CC(=O)c1cc(F)ccc1N(Cc1ccsc1)C1CC1. The normalized spacial score (nSPS) is 14.3. The number of ketones is 1. The molecule has 1 aromatic carbocycles. The van der Waals surface area contributed by atoms with Crippen molar-refractivity contribution in [2.45, 2.75) is 32.4 Å². The minimum atomic E-state index is -0.356. The lowest BCUT2D eigenvalue weighted by Crippen LogP contribution is -2.26. The Hall–Kier alpha value is -1.68. The fourth-order valence-corrected chi connectivity index (χ4v) is 3.08. The maximum atomic E-state index is 13.4. The number of hydrogen-bond acceptors (Lipinski definition) is 3. The van der Waals surface area contributed by atoms with Gasteiger partial charge in [-0.1, -0.05) is 0 Å². The maximum Gasteiger partial charge on any atom is 0.161 e. The molecule has 4 heteroatoms. The number of halogens is 1. The van der Waals surface area contributed by atoms with Gasteiger partial charge in [-0.3, -0.25) is 4.79 Å². The van der Waals surface area contributed by atoms with Crippen molar-refractivity contribution >= 4 is 22.8 Å². The van der Waals surface area contributed by atoms with Gasteiger partial charge in [-0.05, 0) is 60.4 Å². The number of hydrogen-bond donors (Lipinski definition) is 0. The predicted octanol–water partition coefficient (Wildman–Crippen LogP) is 4.26. The van der Waals surface area contributed by atoms with E-state index in [-0.39, 0.29) is 11.6 Å². The van der Waals surface area contributed by atoms with Gasteiger partial charge in [0, 0.05) is 23.8 Å². The van der Waals surface area contributed by atoms with Gasteiger partial charge < -0.3 is 4.90 Å². The first-order valence-corrected chi connectivity index (χ1v) is 7.67. The molecule has 0 atom stereocenters. The topological polar surface area (TPSA) is 20.3 Å². The zero-order valence-electron chi connectivity index (χ0n) is 11.3. The zero-order chi connectivity index (χ0) is 14.1. The van der Waals surface area contributed by atoms with Gasteiger partial charge >= 0.3 is 0 Å². The van der Waals surface area contributed by atoms with Crippen LogP contribution in [0.25, 0.3) is 0 Å². The van der Waals surface area contributed by atoms with Gasteiger partial charge in [-0.2, -0.15) is 11.3 Å². The highest BCUT2D eigenvalue weighted by atomic mass is 32.1. The average molecular weight is 289 g/mol. The Kier molecular flexibility index (Phi) is 3.57. The highest BCUT2D eigenvalue weighted by molar-refractivity contribution is 7.07. The van der Waals surface area contributed by atoms with Crippen LogP contribution in [0.1, 0.15) is 35.7 Å². The number of rotatable bonds is 5. The van der Waals surface area contributed by atoms with Crippen LogP contribution in [0.2, 0.25) is 0 Å². The number of anilines is 1. The highest BCUT2D eigenvalue weighted by Gasteiger charge is 2.31. The standard InChI is InChI=1S/C16H16FNOS/c1-11(19)15-8-13(17)2-5-16(15)18(14-3-4-14)9-12-6-7-20-10-12/h2,5-8,10,14H,3-4,9H2,1H3. The van der Waals surface area contributed by atoms with Gasteiger partial charge in [-0.15, -0.1) is 0 Å². The van der Waals surface area contributed by atoms with Crippen LogP contribution in [-0.2, 0) is 6.54 Å². The Morgan fingerprint density at radius 3 is 2.80 bits per heavy atom. The van der Waals surface area contributed by atoms with Crippen molar-refractivity contribution < 1.29 is 9.18 Å². The molecule has 0 amide bonds. The first-order chi connectivity index (χ1) is 9.65. The first-order valence-electron chi connectivity index (χ1n) is 6.73. The van der Waals surface area contributed by atoms with Crippen molar-refractivity contribution in [2.75, 3.05) is 4.90 Å². The summed E-state index contributed by atoms with van der Waals surface area (Å²) in [5.41, 5.74) is 2.57. The summed E-state index contributed by atoms with van der Waals surface area (Å²) in [6.07, 6.45) is 2.28. The van der Waals surface area contributed by atoms with E-state index in [9.17, 15) is 9.18 Å². The molecule has 3 rings (SSSR count). The Morgan fingerprint density at radius 2 is 2.20 bits per heavy atom. The van der Waals surface area contributed by atoms with Gasteiger partial charge in [-0.25, -0.2) is 4.39 Å². The van der Waals surface area contributed by atoms with Crippen LogP contribution in [-0.4, -0.2) is 11.8 Å². The average Bonchev–Trinajstić information content (AvgIpc) is 3.13. The molecular formula is C16H16FNOS. The van der Waals surface area contributed by atoms with Crippen LogP contribution in [0.4, 0.5) is 10.1 Å². The molecule has 0 spiro atoms. The molecule has 0 radical (unpaired) electrons. The van der Waals surface area contributed by atoms with Crippen molar-refractivity contribution in [3.05, 3.63) is 52.0 Å². The number of benzene rings is 1. The van der Waals surface area contributed by atoms with E-state index in [1.807, 2.05) is 0 Å². The summed E-state index contributed by atoms with van der Waals surface area (Å²) in [6, 6.07) is 7.08. The van der Waals surface area contributed by atoms with Crippen LogP contribution < -0.4 is 4.90 Å². The number of nitrogens with zero attached hydrogens (tertiary/aromatic N) is 1. The number of Topliss-reactive ketones (excluding diaryl/α,β-unsaturated/α-hetero) is 1. The molecule has 0 aliphatic heterocycles. The second kappa shape index (κ2) is 5.37. The molecule has 104 valence electrons. The minimum absolute atomic E-state index is 0.0875. The van der Waals surface area contributed by atoms with Crippen molar-refractivity contribution in [2.24, 2.45) is 0 Å². The van der Waals surface area contributed by atoms with E-state index in [1.54, 1.807) is 17.4 Å². The molecule has 1 saturated carbocycles. The molecule has 1 aliphatic rings. The van der Waals surface area contributed by atoms with E-state index in [0.29, 0.717) is 11.6 Å². The Labute approximate surface area is 121 Å². The quantitative estimate of drug-likeness (QED) is 0.767. The van der Waals surface area contributed by atoms with Gasteiger partial charge in [0.1, 0.15) is 5.82 Å². The fraction of sp³-hybridized carbons (Fsp3) is 0.312. The lowest BCUT2D eigenvalue weighted by Gasteiger charge is -2.26. The van der Waals surface area contributed by atoms with E-state index >= 15 is 0 Å². The highest BCUT2D eigenvalue weighted by Crippen LogP contribution is 2.35. The van der Waals surface area contributed by atoms with E-state index in [2.05, 4.69) is 21.7 Å². The monoisotopic (exact) mass is 289 g/mol. The summed E-state index contributed by atoms with van der Waals surface area (Å²) < 4.78 is 13.4. The lowest BCUT2D eigenvalue weighted by molar-refractivity contribution is 0.101. The van der Waals surface area contributed by atoms with Crippen LogP contribution >= 0.6 is 11.3 Å². The molecule has 1 heterocycles. The first kappa shape index (κ1) is 13.3. The molecule has 0 N–H and O–H groups in total. The third kappa shape index (κ3) is 2.75. The van der Waals surface area contributed by atoms with E-state index in [1.165, 1.54) is 24.6 Å². The van der Waals surface area contributed by atoms with Gasteiger partial charge in [0.25, 0.3) is 0 Å². The largest absolute Gasteiger partial charge is 0.364 e. The minimum Gasteiger partial charge on any atom is -0.364 e. The molecule has 2 aromatic rings. The van der Waals surface area contributed by atoms with Crippen LogP contribution in [0.5, 0.6) is 0 Å². The molecule has 0 bridgehead atoms. The maximum absolute atomic E-state index is 13.4. The van der Waals surface area contributed by atoms with Crippen molar-refractivity contribution in [3.8, 4) is 0 Å². The molecule has 2 nitrogen and oxygen atoms in total. The Bertz CT molecular complexity index is 619. The number of carbonyl (C=O) groups is 1. The molecule has 0 unspecified atom stereocenters. The summed E-state index contributed by atoms with van der Waals surface area (Å²) in [5, 5.41) is 4.17. The van der Waals surface area contributed by atoms with Gasteiger partial charge in [0.05, 0.1) is 0 Å². The van der Waals surface area contributed by atoms with Crippen LogP contribution in [0, 0.1) is 5.82 Å².